The van der Waals surface area contributed by atoms with E-state index in [0.717, 1.165) is 42.1 Å². The summed E-state index contributed by atoms with van der Waals surface area (Å²) in [6.07, 6.45) is 5.57. The molecule has 2 atom stereocenters. The Kier molecular flexibility index (Phi) is 6.41. The highest BCUT2D eigenvalue weighted by Crippen LogP contribution is 2.26. The van der Waals surface area contributed by atoms with Gasteiger partial charge < -0.3 is 27.0 Å². The lowest BCUT2D eigenvalue weighted by atomic mass is 9.91. The van der Waals surface area contributed by atoms with Crippen molar-refractivity contribution in [2.24, 2.45) is 11.5 Å². The zero-order valence-electron chi connectivity index (χ0n) is 18.8. The van der Waals surface area contributed by atoms with Gasteiger partial charge in [0.25, 0.3) is 11.8 Å². The van der Waals surface area contributed by atoms with Gasteiger partial charge in [-0.05, 0) is 47.9 Å². The first kappa shape index (κ1) is 22.5. The Morgan fingerprint density at radius 2 is 1.79 bits per heavy atom. The lowest BCUT2D eigenvalue weighted by Gasteiger charge is -2.29. The van der Waals surface area contributed by atoms with Crippen molar-refractivity contribution in [2.75, 3.05) is 24.7 Å². The van der Waals surface area contributed by atoms with Crippen molar-refractivity contribution in [3.63, 3.8) is 0 Å². The summed E-state index contributed by atoms with van der Waals surface area (Å²) in [6, 6.07) is 11.4. The van der Waals surface area contributed by atoms with Crippen molar-refractivity contribution in [1.29, 1.82) is 0 Å². The smallest absolute Gasteiger partial charge is 0.254 e. The van der Waals surface area contributed by atoms with E-state index < -0.39 is 5.91 Å². The Hall–Kier alpha value is -3.72. The zero-order chi connectivity index (χ0) is 23.5. The molecular formula is C24H29N7O2. The van der Waals surface area contributed by atoms with E-state index in [2.05, 4.69) is 20.6 Å². The highest BCUT2D eigenvalue weighted by molar-refractivity contribution is 6.00. The van der Waals surface area contributed by atoms with Crippen LogP contribution in [-0.4, -0.2) is 52.9 Å². The summed E-state index contributed by atoms with van der Waals surface area (Å²) in [5, 5.41) is 8.37. The molecule has 2 amide bonds. The molecule has 1 fully saturated rings. The minimum Gasteiger partial charge on any atom is -0.365 e. The number of fused-ring (bicyclic) bond motifs is 1. The summed E-state index contributed by atoms with van der Waals surface area (Å²) in [5.74, 6) is 0.0514. The number of hydrogen-bond donors (Lipinski definition) is 4. The van der Waals surface area contributed by atoms with Gasteiger partial charge in [-0.15, -0.1) is 0 Å². The molecule has 2 aromatic carbocycles. The second-order valence-electron chi connectivity index (χ2n) is 8.62. The minimum absolute atomic E-state index is 0.0410. The van der Waals surface area contributed by atoms with Gasteiger partial charge in [-0.1, -0.05) is 25.0 Å². The average molecular weight is 448 g/mol. The van der Waals surface area contributed by atoms with Gasteiger partial charge in [-0.3, -0.25) is 9.59 Å². The molecule has 1 saturated carbocycles. The number of benzene rings is 2. The molecule has 6 N–H and O–H groups in total. The van der Waals surface area contributed by atoms with Crippen LogP contribution in [0.1, 0.15) is 46.4 Å². The summed E-state index contributed by atoms with van der Waals surface area (Å²) in [4.78, 5) is 34.5. The number of nitrogens with zero attached hydrogens (tertiary/aromatic N) is 3. The molecule has 3 aromatic rings. The third-order valence-corrected chi connectivity index (χ3v) is 5.94. The maximum absolute atomic E-state index is 12.2. The summed E-state index contributed by atoms with van der Waals surface area (Å²) < 4.78 is 0. The number of amides is 2. The molecule has 172 valence electrons. The van der Waals surface area contributed by atoms with Crippen LogP contribution in [-0.2, 0) is 0 Å². The Morgan fingerprint density at radius 1 is 1.06 bits per heavy atom. The predicted octanol–water partition coefficient (Wildman–Crippen LogP) is 2.86. The van der Waals surface area contributed by atoms with Gasteiger partial charge in [-0.2, -0.15) is 4.98 Å². The van der Waals surface area contributed by atoms with Crippen LogP contribution in [0, 0.1) is 0 Å². The van der Waals surface area contributed by atoms with Crippen LogP contribution in [0.4, 0.5) is 17.5 Å². The second-order valence-corrected chi connectivity index (χ2v) is 8.62. The van der Waals surface area contributed by atoms with Crippen molar-refractivity contribution >= 4 is 40.0 Å². The van der Waals surface area contributed by atoms with Gasteiger partial charge in [0.05, 0.1) is 0 Å². The normalized spacial score (nSPS) is 18.0. The molecule has 0 saturated heterocycles. The summed E-state index contributed by atoms with van der Waals surface area (Å²) in [7, 11) is 3.45. The summed E-state index contributed by atoms with van der Waals surface area (Å²) in [5.41, 5.74) is 13.3. The topological polar surface area (TPSA) is 139 Å². The summed E-state index contributed by atoms with van der Waals surface area (Å²) >= 11 is 0. The van der Waals surface area contributed by atoms with Crippen LogP contribution in [0.25, 0.3) is 10.8 Å². The van der Waals surface area contributed by atoms with E-state index in [1.165, 1.54) is 6.20 Å². The highest BCUT2D eigenvalue weighted by Gasteiger charge is 2.23. The number of aromatic nitrogens is 2. The Morgan fingerprint density at radius 3 is 2.52 bits per heavy atom. The highest BCUT2D eigenvalue weighted by atomic mass is 16.2. The fraction of sp³-hybridized carbons (Fsp3) is 0.333. The van der Waals surface area contributed by atoms with E-state index in [1.54, 1.807) is 25.1 Å². The zero-order valence-corrected chi connectivity index (χ0v) is 18.8. The number of nitrogens with one attached hydrogen (secondary N) is 2. The van der Waals surface area contributed by atoms with Crippen molar-refractivity contribution < 1.29 is 9.59 Å². The van der Waals surface area contributed by atoms with Gasteiger partial charge in [0, 0.05) is 43.6 Å². The monoisotopic (exact) mass is 447 g/mol. The Bertz CT molecular complexity index is 1190. The lowest BCUT2D eigenvalue weighted by molar-refractivity contribution is 0.0827. The van der Waals surface area contributed by atoms with Gasteiger partial charge in [0.1, 0.15) is 11.4 Å². The average Bonchev–Trinajstić information content (AvgIpc) is 2.79. The molecule has 0 bridgehead atoms. The molecule has 0 spiro atoms. The molecule has 4 rings (SSSR count). The van der Waals surface area contributed by atoms with Gasteiger partial charge in [0.15, 0.2) is 0 Å². The fourth-order valence-electron chi connectivity index (χ4n) is 4.08. The Balaban J connectivity index is 1.60. The number of primary amides is 1. The molecule has 0 radical (unpaired) electrons. The van der Waals surface area contributed by atoms with Crippen LogP contribution in [0.5, 0.6) is 0 Å². The van der Waals surface area contributed by atoms with E-state index in [0.29, 0.717) is 17.3 Å². The molecule has 0 aliphatic heterocycles. The number of rotatable bonds is 6. The first-order chi connectivity index (χ1) is 15.8. The quantitative estimate of drug-likeness (QED) is 0.455. The molecular weight excluding hydrogens is 418 g/mol. The molecule has 1 heterocycles. The van der Waals surface area contributed by atoms with Crippen LogP contribution in [0.2, 0.25) is 0 Å². The van der Waals surface area contributed by atoms with E-state index in [4.69, 9.17) is 11.5 Å². The molecule has 9 nitrogen and oxygen atoms in total. The molecule has 1 aliphatic rings. The predicted molar refractivity (Wildman–Crippen MR) is 130 cm³/mol. The number of hydrogen-bond acceptors (Lipinski definition) is 7. The van der Waals surface area contributed by atoms with Crippen LogP contribution >= 0.6 is 0 Å². The molecule has 9 heteroatoms. The number of carbonyl (C=O) groups is 2. The maximum Gasteiger partial charge on any atom is 0.254 e. The molecule has 33 heavy (non-hydrogen) atoms. The second kappa shape index (κ2) is 9.41. The lowest BCUT2D eigenvalue weighted by Crippen LogP contribution is -2.43. The van der Waals surface area contributed by atoms with Crippen LogP contribution in [0.15, 0.2) is 42.6 Å². The van der Waals surface area contributed by atoms with Gasteiger partial charge in [0.2, 0.25) is 5.95 Å². The standard InChI is InChI=1S/C24H29N7O2/c1-31(2)23(33)16-8-7-15-12-17(10-9-14(15)11-16)28-22-18(21(26)32)13-27-24(30-22)29-20-6-4-3-5-19(20)25/h7-13,19-20H,3-6,25H2,1-2H3,(H2,26,32)(H2,27,28,29,30)/t19?,20-/m1/s1. The number of carbonyl (C=O) groups excluding carboxylic acids is 2. The minimum atomic E-state index is -0.619. The largest absolute Gasteiger partial charge is 0.365 e. The molecule has 1 unspecified atom stereocenters. The van der Waals surface area contributed by atoms with E-state index >= 15 is 0 Å². The number of anilines is 3. The van der Waals surface area contributed by atoms with Gasteiger partial charge >= 0.3 is 0 Å². The maximum atomic E-state index is 12.2. The van der Waals surface area contributed by atoms with E-state index in [9.17, 15) is 9.59 Å². The summed E-state index contributed by atoms with van der Waals surface area (Å²) in [6.45, 7) is 0. The Labute approximate surface area is 192 Å². The molecule has 1 aromatic heterocycles. The van der Waals surface area contributed by atoms with Crippen molar-refractivity contribution in [1.82, 2.24) is 14.9 Å². The van der Waals surface area contributed by atoms with Crippen LogP contribution < -0.4 is 22.1 Å². The number of nitrogens with two attached hydrogens (primary N) is 2. The van der Waals surface area contributed by atoms with E-state index in [1.807, 2.05) is 30.3 Å². The first-order valence-corrected chi connectivity index (χ1v) is 11.0. The van der Waals surface area contributed by atoms with Crippen LogP contribution in [0.3, 0.4) is 0 Å². The van der Waals surface area contributed by atoms with E-state index in [-0.39, 0.29) is 23.6 Å². The fourth-order valence-corrected chi connectivity index (χ4v) is 4.08. The third-order valence-electron chi connectivity index (χ3n) is 5.94. The SMILES string of the molecule is CN(C)C(=O)c1ccc2cc(Nc3nc(N[C@@H]4CCCCC4N)ncc3C(N)=O)ccc2c1. The van der Waals surface area contributed by atoms with Gasteiger partial charge in [-0.25, -0.2) is 4.98 Å². The first-order valence-electron chi connectivity index (χ1n) is 11.0. The van der Waals surface area contributed by atoms with Crippen molar-refractivity contribution in [2.45, 2.75) is 37.8 Å². The molecule has 1 aliphatic carbocycles. The van der Waals surface area contributed by atoms with Crippen molar-refractivity contribution in [3.8, 4) is 0 Å². The van der Waals surface area contributed by atoms with Crippen molar-refractivity contribution in [3.05, 3.63) is 53.7 Å². The third kappa shape index (κ3) is 5.04.